The largest absolute Gasteiger partial charge is 0.434 e. The number of nitrogens with zero attached hydrogens (tertiary/aromatic N) is 2. The first kappa shape index (κ1) is 13.0. The predicted molar refractivity (Wildman–Crippen MR) is 65.3 cm³/mol. The molecule has 0 saturated carbocycles. The Kier molecular flexibility index (Phi) is 4.27. The summed E-state index contributed by atoms with van der Waals surface area (Å²) in [5, 5.41) is 7.83. The zero-order valence-corrected chi connectivity index (χ0v) is 10.5. The first-order valence-electron chi connectivity index (χ1n) is 4.89. The lowest BCUT2D eigenvalue weighted by molar-refractivity contribution is -0.0504. The standard InChI is InChI=1S/C10H8ClF2N3OS/c11-7-1-2-8(17-10(12)13)6(3-7)4-14-9-5-15-16-18-9/h1-3,5,10,14H,4H2. The Morgan fingerprint density at radius 2 is 2.28 bits per heavy atom. The highest BCUT2D eigenvalue weighted by molar-refractivity contribution is 7.09. The first-order chi connectivity index (χ1) is 8.65. The smallest absolute Gasteiger partial charge is 0.387 e. The molecule has 0 aliphatic rings. The topological polar surface area (TPSA) is 47.0 Å². The summed E-state index contributed by atoms with van der Waals surface area (Å²) in [4.78, 5) is 0. The van der Waals surface area contributed by atoms with Crippen LogP contribution in [0.4, 0.5) is 13.8 Å². The molecule has 0 atom stereocenters. The zero-order chi connectivity index (χ0) is 13.0. The average molecular weight is 292 g/mol. The molecule has 0 saturated heterocycles. The lowest BCUT2D eigenvalue weighted by Crippen LogP contribution is -2.06. The van der Waals surface area contributed by atoms with Crippen LogP contribution in [0.1, 0.15) is 5.56 Å². The van der Waals surface area contributed by atoms with Gasteiger partial charge < -0.3 is 10.1 Å². The number of hydrogen-bond acceptors (Lipinski definition) is 5. The summed E-state index contributed by atoms with van der Waals surface area (Å²) in [5.41, 5.74) is 0.538. The Balaban J connectivity index is 2.11. The minimum Gasteiger partial charge on any atom is -0.434 e. The van der Waals surface area contributed by atoms with Crippen LogP contribution in [0.3, 0.4) is 0 Å². The van der Waals surface area contributed by atoms with E-state index in [4.69, 9.17) is 11.6 Å². The average Bonchev–Trinajstić information content (AvgIpc) is 2.82. The molecular weight excluding hydrogens is 284 g/mol. The van der Waals surface area contributed by atoms with E-state index < -0.39 is 6.61 Å². The highest BCUT2D eigenvalue weighted by Crippen LogP contribution is 2.25. The Bertz CT molecular complexity index is 510. The number of halogens is 3. The van der Waals surface area contributed by atoms with Gasteiger partial charge in [-0.3, -0.25) is 0 Å². The molecule has 96 valence electrons. The van der Waals surface area contributed by atoms with Crippen LogP contribution in [0.25, 0.3) is 0 Å². The molecule has 1 aromatic heterocycles. The van der Waals surface area contributed by atoms with Gasteiger partial charge in [0.2, 0.25) is 0 Å². The molecule has 0 unspecified atom stereocenters. The van der Waals surface area contributed by atoms with E-state index in [2.05, 4.69) is 19.6 Å². The SMILES string of the molecule is FC(F)Oc1ccc(Cl)cc1CNc1cnns1. The maximum Gasteiger partial charge on any atom is 0.387 e. The van der Waals surface area contributed by atoms with Gasteiger partial charge in [-0.25, -0.2) is 0 Å². The van der Waals surface area contributed by atoms with Gasteiger partial charge in [0.25, 0.3) is 0 Å². The normalized spacial score (nSPS) is 10.7. The van der Waals surface area contributed by atoms with Gasteiger partial charge in [-0.1, -0.05) is 16.1 Å². The number of rotatable bonds is 5. The van der Waals surface area contributed by atoms with Crippen molar-refractivity contribution in [1.82, 2.24) is 9.59 Å². The number of benzene rings is 1. The van der Waals surface area contributed by atoms with Crippen LogP contribution < -0.4 is 10.1 Å². The molecule has 2 aromatic rings. The molecule has 0 bridgehead atoms. The number of hydrogen-bond donors (Lipinski definition) is 1. The fraction of sp³-hybridized carbons (Fsp3) is 0.200. The quantitative estimate of drug-likeness (QED) is 0.917. The number of anilines is 1. The lowest BCUT2D eigenvalue weighted by atomic mass is 10.2. The van der Waals surface area contributed by atoms with Crippen molar-refractivity contribution in [2.75, 3.05) is 5.32 Å². The van der Waals surface area contributed by atoms with E-state index in [0.717, 1.165) is 5.00 Å². The van der Waals surface area contributed by atoms with E-state index in [1.165, 1.54) is 23.7 Å². The fourth-order valence-electron chi connectivity index (χ4n) is 1.32. The van der Waals surface area contributed by atoms with E-state index >= 15 is 0 Å². The van der Waals surface area contributed by atoms with Gasteiger partial charge in [0, 0.05) is 28.7 Å². The van der Waals surface area contributed by atoms with E-state index in [1.807, 2.05) is 0 Å². The molecule has 0 aliphatic heterocycles. The van der Waals surface area contributed by atoms with Crippen molar-refractivity contribution in [2.45, 2.75) is 13.2 Å². The van der Waals surface area contributed by atoms with Crippen LogP contribution >= 0.6 is 23.1 Å². The summed E-state index contributed by atoms with van der Waals surface area (Å²) in [6, 6.07) is 4.48. The maximum atomic E-state index is 12.2. The Labute approximate surface area is 111 Å². The van der Waals surface area contributed by atoms with Gasteiger partial charge in [-0.15, -0.1) is 5.10 Å². The fourth-order valence-corrected chi connectivity index (χ4v) is 1.93. The summed E-state index contributed by atoms with van der Waals surface area (Å²) < 4.78 is 32.5. The number of aromatic nitrogens is 2. The predicted octanol–water partition coefficient (Wildman–Crippen LogP) is 3.41. The lowest BCUT2D eigenvalue weighted by Gasteiger charge is -2.11. The molecule has 0 fully saturated rings. The second kappa shape index (κ2) is 5.92. The van der Waals surface area contributed by atoms with Gasteiger partial charge >= 0.3 is 6.61 Å². The molecular formula is C10H8ClF2N3OS. The van der Waals surface area contributed by atoms with Crippen molar-refractivity contribution in [3.8, 4) is 5.75 Å². The van der Waals surface area contributed by atoms with Gasteiger partial charge in [0.05, 0.1) is 6.20 Å². The van der Waals surface area contributed by atoms with Crippen molar-refractivity contribution in [1.29, 1.82) is 0 Å². The van der Waals surface area contributed by atoms with Crippen LogP contribution in [-0.4, -0.2) is 16.2 Å². The molecule has 1 aromatic carbocycles. The third-order valence-electron chi connectivity index (χ3n) is 2.05. The second-order valence-corrected chi connectivity index (χ2v) is 4.49. The van der Waals surface area contributed by atoms with E-state index in [-0.39, 0.29) is 5.75 Å². The molecule has 0 amide bonds. The summed E-state index contributed by atoms with van der Waals surface area (Å²) >= 11 is 6.99. The maximum absolute atomic E-state index is 12.2. The highest BCUT2D eigenvalue weighted by atomic mass is 35.5. The molecule has 2 rings (SSSR count). The number of nitrogens with one attached hydrogen (secondary N) is 1. The van der Waals surface area contributed by atoms with Crippen LogP contribution in [-0.2, 0) is 6.54 Å². The molecule has 0 radical (unpaired) electrons. The van der Waals surface area contributed by atoms with Crippen LogP contribution in [0.15, 0.2) is 24.4 Å². The number of ether oxygens (including phenoxy) is 1. The third-order valence-corrected chi connectivity index (χ3v) is 2.91. The molecule has 1 N–H and O–H groups in total. The Morgan fingerprint density at radius 3 is 2.94 bits per heavy atom. The van der Waals surface area contributed by atoms with E-state index in [0.29, 0.717) is 17.1 Å². The van der Waals surface area contributed by atoms with Crippen molar-refractivity contribution >= 4 is 28.1 Å². The monoisotopic (exact) mass is 291 g/mol. The highest BCUT2D eigenvalue weighted by Gasteiger charge is 2.10. The molecule has 18 heavy (non-hydrogen) atoms. The summed E-state index contributed by atoms with van der Waals surface area (Å²) in [5.74, 6) is 0.0966. The molecule has 8 heteroatoms. The van der Waals surface area contributed by atoms with Gasteiger partial charge in [0.15, 0.2) is 0 Å². The van der Waals surface area contributed by atoms with E-state index in [1.54, 1.807) is 12.3 Å². The summed E-state index contributed by atoms with van der Waals surface area (Å²) in [7, 11) is 0. The second-order valence-electron chi connectivity index (χ2n) is 3.27. The summed E-state index contributed by atoms with van der Waals surface area (Å²) in [6.07, 6.45) is 1.54. The van der Waals surface area contributed by atoms with Crippen molar-refractivity contribution in [3.63, 3.8) is 0 Å². The third kappa shape index (κ3) is 3.51. The van der Waals surface area contributed by atoms with Crippen molar-refractivity contribution in [3.05, 3.63) is 35.0 Å². The van der Waals surface area contributed by atoms with Crippen LogP contribution in [0.5, 0.6) is 5.75 Å². The minimum atomic E-state index is -2.87. The first-order valence-corrected chi connectivity index (χ1v) is 6.05. The van der Waals surface area contributed by atoms with Gasteiger partial charge in [-0.05, 0) is 18.2 Å². The minimum absolute atomic E-state index is 0.0966. The van der Waals surface area contributed by atoms with Gasteiger partial charge in [-0.2, -0.15) is 8.78 Å². The Morgan fingerprint density at radius 1 is 1.44 bits per heavy atom. The molecule has 1 heterocycles. The van der Waals surface area contributed by atoms with Crippen molar-refractivity contribution in [2.24, 2.45) is 0 Å². The molecule has 4 nitrogen and oxygen atoms in total. The summed E-state index contributed by atoms with van der Waals surface area (Å²) in [6.45, 7) is -2.57. The zero-order valence-electron chi connectivity index (χ0n) is 8.94. The molecule has 0 spiro atoms. The Hall–Kier alpha value is -1.47. The van der Waals surface area contributed by atoms with E-state index in [9.17, 15) is 8.78 Å². The van der Waals surface area contributed by atoms with Crippen molar-refractivity contribution < 1.29 is 13.5 Å². The van der Waals surface area contributed by atoms with Crippen LogP contribution in [0.2, 0.25) is 5.02 Å². The van der Waals surface area contributed by atoms with Crippen LogP contribution in [0, 0.1) is 0 Å². The number of alkyl halides is 2. The molecule has 0 aliphatic carbocycles. The van der Waals surface area contributed by atoms with Gasteiger partial charge in [0.1, 0.15) is 10.8 Å².